The quantitative estimate of drug-likeness (QED) is 0.356. The van der Waals surface area contributed by atoms with Gasteiger partial charge in [0.25, 0.3) is 11.5 Å². The largest absolute Gasteiger partial charge is 0.463 e. The summed E-state index contributed by atoms with van der Waals surface area (Å²) in [6, 6.07) is 23.0. The summed E-state index contributed by atoms with van der Waals surface area (Å²) in [6.07, 6.45) is 1.53. The topological polar surface area (TPSA) is 106 Å². The summed E-state index contributed by atoms with van der Waals surface area (Å²) in [4.78, 5) is 32.7. The highest BCUT2D eigenvalue weighted by Gasteiger charge is 2.19. The lowest BCUT2D eigenvalue weighted by Crippen LogP contribution is -2.19. The maximum Gasteiger partial charge on any atom is 0.257 e. The third-order valence-corrected chi connectivity index (χ3v) is 5.53. The summed E-state index contributed by atoms with van der Waals surface area (Å²) in [7, 11) is 0. The molecule has 3 aromatic heterocycles. The van der Waals surface area contributed by atoms with Crippen LogP contribution in [0.1, 0.15) is 10.4 Å². The minimum absolute atomic E-state index is 0.154. The van der Waals surface area contributed by atoms with Crippen molar-refractivity contribution in [1.82, 2.24) is 19.7 Å². The number of aromatic amines is 1. The maximum absolute atomic E-state index is 13.0. The van der Waals surface area contributed by atoms with Crippen LogP contribution in [0.5, 0.6) is 0 Å². The van der Waals surface area contributed by atoms with Crippen molar-refractivity contribution in [3.05, 3.63) is 106 Å². The Labute approximate surface area is 196 Å². The first-order valence-corrected chi connectivity index (χ1v) is 10.7. The van der Waals surface area contributed by atoms with E-state index < -0.39 is 0 Å². The van der Waals surface area contributed by atoms with Crippen LogP contribution < -0.4 is 10.9 Å². The van der Waals surface area contributed by atoms with Crippen LogP contribution in [0, 0.1) is 0 Å². The Bertz CT molecular complexity index is 1490. The number of halogens is 1. The minimum Gasteiger partial charge on any atom is -0.463 e. The molecule has 0 aliphatic heterocycles. The van der Waals surface area contributed by atoms with E-state index in [1.54, 1.807) is 36.4 Å². The van der Waals surface area contributed by atoms with Crippen molar-refractivity contribution in [2.45, 2.75) is 0 Å². The zero-order valence-corrected chi connectivity index (χ0v) is 18.6. The van der Waals surface area contributed by atoms with Crippen molar-refractivity contribution >= 4 is 27.7 Å². The Morgan fingerprint density at radius 1 is 0.970 bits per heavy atom. The van der Waals surface area contributed by atoms with Crippen LogP contribution >= 0.6 is 15.9 Å². The monoisotopic (exact) mass is 501 g/mol. The average Bonchev–Trinajstić information content (AvgIpc) is 3.50. The Morgan fingerprint density at radius 2 is 1.76 bits per heavy atom. The highest BCUT2D eigenvalue weighted by molar-refractivity contribution is 9.10. The summed E-state index contributed by atoms with van der Waals surface area (Å²) in [5, 5.41) is 7.39. The van der Waals surface area contributed by atoms with Crippen molar-refractivity contribution in [3.63, 3.8) is 0 Å². The predicted octanol–water partition coefficient (Wildman–Crippen LogP) is 4.90. The van der Waals surface area contributed by atoms with Crippen molar-refractivity contribution in [2.24, 2.45) is 0 Å². The summed E-state index contributed by atoms with van der Waals surface area (Å²) < 4.78 is 7.49. The third kappa shape index (κ3) is 4.26. The number of hydrogen-bond donors (Lipinski definition) is 2. The molecule has 0 atom stereocenters. The van der Waals surface area contributed by atoms with Gasteiger partial charge in [-0.15, -0.1) is 0 Å². The molecule has 162 valence electrons. The first kappa shape index (κ1) is 20.7. The molecule has 0 fully saturated rings. The lowest BCUT2D eigenvalue weighted by molar-refractivity contribution is 0.102. The van der Waals surface area contributed by atoms with E-state index in [1.165, 1.54) is 17.0 Å². The van der Waals surface area contributed by atoms with Gasteiger partial charge in [0.2, 0.25) is 5.95 Å². The molecule has 0 saturated carbocycles. The molecule has 8 nitrogen and oxygen atoms in total. The van der Waals surface area contributed by atoms with E-state index in [-0.39, 0.29) is 17.4 Å². The summed E-state index contributed by atoms with van der Waals surface area (Å²) in [5.74, 6) is 0.625. The molecule has 0 saturated heterocycles. The number of furan rings is 1. The number of carbonyl (C=O) groups excluding carboxylic acids is 1. The van der Waals surface area contributed by atoms with Crippen molar-refractivity contribution < 1.29 is 9.21 Å². The number of nitrogens with one attached hydrogen (secondary N) is 2. The van der Waals surface area contributed by atoms with E-state index in [9.17, 15) is 9.59 Å². The van der Waals surface area contributed by atoms with Gasteiger partial charge in [-0.2, -0.15) is 9.78 Å². The van der Waals surface area contributed by atoms with E-state index in [1.807, 2.05) is 36.4 Å². The fourth-order valence-electron chi connectivity index (χ4n) is 3.31. The molecule has 5 aromatic rings. The Kier molecular flexibility index (Phi) is 5.45. The SMILES string of the molecule is O=C(Nc1cc(-c2ccco2)nn1-c1nc(-c2ccccc2)cc(=O)[nH]1)c1ccccc1Br. The van der Waals surface area contributed by atoms with Crippen LogP contribution in [0.3, 0.4) is 0 Å². The van der Waals surface area contributed by atoms with E-state index >= 15 is 0 Å². The number of anilines is 1. The summed E-state index contributed by atoms with van der Waals surface area (Å²) >= 11 is 3.40. The highest BCUT2D eigenvalue weighted by atomic mass is 79.9. The van der Waals surface area contributed by atoms with E-state index in [4.69, 9.17) is 4.42 Å². The van der Waals surface area contributed by atoms with Gasteiger partial charge in [0.1, 0.15) is 11.5 Å². The average molecular weight is 502 g/mol. The zero-order valence-electron chi connectivity index (χ0n) is 17.0. The lowest BCUT2D eigenvalue weighted by Gasteiger charge is -2.10. The standard InChI is InChI=1S/C24H16BrN5O3/c25-17-10-5-4-9-16(17)23(32)27-21-13-19(20-11-6-12-33-20)29-30(21)24-26-18(14-22(31)28-24)15-7-2-1-3-8-15/h1-14H,(H,27,32)(H,26,28,31). The second-order valence-corrected chi connectivity index (χ2v) is 7.91. The molecular weight excluding hydrogens is 486 g/mol. The number of benzene rings is 2. The molecule has 0 unspecified atom stereocenters. The molecule has 0 bridgehead atoms. The minimum atomic E-state index is -0.351. The van der Waals surface area contributed by atoms with Crippen LogP contribution in [0.2, 0.25) is 0 Å². The molecule has 3 heterocycles. The van der Waals surface area contributed by atoms with Gasteiger partial charge in [-0.25, -0.2) is 4.98 Å². The van der Waals surface area contributed by atoms with E-state index in [2.05, 4.69) is 36.3 Å². The van der Waals surface area contributed by atoms with Crippen LogP contribution in [0.4, 0.5) is 5.82 Å². The Balaban J connectivity index is 1.61. The maximum atomic E-state index is 13.0. The normalized spacial score (nSPS) is 10.8. The number of nitrogens with zero attached hydrogens (tertiary/aromatic N) is 3. The lowest BCUT2D eigenvalue weighted by atomic mass is 10.1. The summed E-state index contributed by atoms with van der Waals surface area (Å²) in [6.45, 7) is 0. The first-order chi connectivity index (χ1) is 16.1. The molecule has 0 aliphatic carbocycles. The number of amides is 1. The number of aromatic nitrogens is 4. The molecular formula is C24H16BrN5O3. The molecule has 2 aromatic carbocycles. The van der Waals surface area contributed by atoms with Gasteiger partial charge >= 0.3 is 0 Å². The third-order valence-electron chi connectivity index (χ3n) is 4.84. The van der Waals surface area contributed by atoms with Crippen LogP contribution in [0.15, 0.2) is 98.8 Å². The number of hydrogen-bond acceptors (Lipinski definition) is 5. The highest BCUT2D eigenvalue weighted by Crippen LogP contribution is 2.26. The van der Waals surface area contributed by atoms with Crippen LogP contribution in [-0.4, -0.2) is 25.7 Å². The first-order valence-electron chi connectivity index (χ1n) is 9.95. The molecule has 0 aliphatic rings. The molecule has 2 N–H and O–H groups in total. The number of H-pyrrole nitrogens is 1. The van der Waals surface area contributed by atoms with Crippen molar-refractivity contribution in [1.29, 1.82) is 0 Å². The fourth-order valence-corrected chi connectivity index (χ4v) is 3.77. The van der Waals surface area contributed by atoms with Gasteiger partial charge in [0.15, 0.2) is 5.76 Å². The van der Waals surface area contributed by atoms with Gasteiger partial charge in [-0.05, 0) is 40.2 Å². The zero-order chi connectivity index (χ0) is 22.8. The van der Waals surface area contributed by atoms with Gasteiger partial charge in [0.05, 0.1) is 17.5 Å². The number of carbonyl (C=O) groups is 1. The molecule has 0 spiro atoms. The number of rotatable bonds is 5. The van der Waals surface area contributed by atoms with E-state index in [0.29, 0.717) is 33.0 Å². The fraction of sp³-hybridized carbons (Fsp3) is 0. The molecule has 0 radical (unpaired) electrons. The van der Waals surface area contributed by atoms with Gasteiger partial charge in [-0.3, -0.25) is 14.6 Å². The smallest absolute Gasteiger partial charge is 0.257 e. The van der Waals surface area contributed by atoms with Crippen LogP contribution in [-0.2, 0) is 0 Å². The Morgan fingerprint density at radius 3 is 2.52 bits per heavy atom. The Hall–Kier alpha value is -4.24. The van der Waals surface area contributed by atoms with Crippen LogP contribution in [0.25, 0.3) is 28.7 Å². The van der Waals surface area contributed by atoms with Crippen molar-refractivity contribution in [2.75, 3.05) is 5.32 Å². The predicted molar refractivity (Wildman–Crippen MR) is 127 cm³/mol. The molecule has 5 rings (SSSR count). The summed E-state index contributed by atoms with van der Waals surface area (Å²) in [5.41, 5.74) is 1.83. The molecule has 33 heavy (non-hydrogen) atoms. The van der Waals surface area contributed by atoms with Crippen molar-refractivity contribution in [3.8, 4) is 28.7 Å². The molecule has 9 heteroatoms. The van der Waals surface area contributed by atoms with Gasteiger partial charge in [-0.1, -0.05) is 42.5 Å². The second-order valence-electron chi connectivity index (χ2n) is 7.06. The molecule has 1 amide bonds. The van der Waals surface area contributed by atoms with E-state index in [0.717, 1.165) is 5.56 Å². The van der Waals surface area contributed by atoms with Gasteiger partial charge in [0, 0.05) is 22.2 Å². The van der Waals surface area contributed by atoms with Gasteiger partial charge < -0.3 is 9.73 Å². The second kappa shape index (κ2) is 8.71.